The zero-order chi connectivity index (χ0) is 19.3. The van der Waals surface area contributed by atoms with Gasteiger partial charge in [0.05, 0.1) is 16.7 Å². The number of amides is 1. The van der Waals surface area contributed by atoms with Gasteiger partial charge in [0.1, 0.15) is 0 Å². The van der Waals surface area contributed by atoms with Gasteiger partial charge in [0.15, 0.2) is 0 Å². The van der Waals surface area contributed by atoms with E-state index < -0.39 is 4.92 Å². The van der Waals surface area contributed by atoms with Crippen LogP contribution in [-0.4, -0.2) is 16.6 Å². The number of non-ortho nitro benzene ring substituents is 1. The van der Waals surface area contributed by atoms with Crippen molar-refractivity contribution < 1.29 is 9.72 Å². The number of thioether (sulfide) groups is 1. The van der Waals surface area contributed by atoms with Crippen molar-refractivity contribution in [3.05, 3.63) is 74.8 Å². The van der Waals surface area contributed by atoms with Crippen LogP contribution in [0, 0.1) is 24.0 Å². The van der Waals surface area contributed by atoms with Gasteiger partial charge in [-0.2, -0.15) is 0 Å². The van der Waals surface area contributed by atoms with Gasteiger partial charge in [-0.15, -0.1) is 11.8 Å². The number of nitro benzene ring substituents is 1. The normalized spacial score (nSPS) is 13.1. The number of nitrogens with zero attached hydrogens (tertiary/aromatic N) is 1. The number of nitrogens with one attached hydrogen (secondary N) is 1. The Balaban J connectivity index is 1.90. The minimum Gasteiger partial charge on any atom is -0.349 e. The fourth-order valence-corrected chi connectivity index (χ4v) is 3.41. The lowest BCUT2D eigenvalue weighted by molar-refractivity contribution is -0.384. The van der Waals surface area contributed by atoms with E-state index >= 15 is 0 Å². The van der Waals surface area contributed by atoms with E-state index in [0.717, 1.165) is 11.1 Å². The molecule has 0 aliphatic rings. The topological polar surface area (TPSA) is 72.2 Å². The van der Waals surface area contributed by atoms with Crippen LogP contribution in [0.3, 0.4) is 0 Å². The predicted molar refractivity (Wildman–Crippen MR) is 106 cm³/mol. The van der Waals surface area contributed by atoms with Crippen molar-refractivity contribution in [2.75, 3.05) is 5.75 Å². The molecule has 0 heterocycles. The molecule has 26 heavy (non-hydrogen) atoms. The predicted octanol–water partition coefficient (Wildman–Crippen LogP) is 4.88. The molecule has 1 N–H and O–H groups in total. The van der Waals surface area contributed by atoms with Crippen LogP contribution in [0.2, 0.25) is 0 Å². The molecule has 1 amide bonds. The average molecular weight is 372 g/mol. The molecule has 2 aromatic rings. The lowest BCUT2D eigenvalue weighted by Gasteiger charge is -2.17. The Morgan fingerprint density at radius 1 is 1.12 bits per heavy atom. The summed E-state index contributed by atoms with van der Waals surface area (Å²) in [6.07, 6.45) is 0. The number of nitro groups is 1. The molecule has 0 bridgehead atoms. The van der Waals surface area contributed by atoms with Gasteiger partial charge in [-0.05, 0) is 49.9 Å². The van der Waals surface area contributed by atoms with Crippen LogP contribution in [0.25, 0.3) is 0 Å². The maximum Gasteiger partial charge on any atom is 0.269 e. The van der Waals surface area contributed by atoms with Gasteiger partial charge in [0.2, 0.25) is 5.91 Å². The van der Waals surface area contributed by atoms with Crippen molar-refractivity contribution in [3.63, 3.8) is 0 Å². The number of rotatable bonds is 7. The summed E-state index contributed by atoms with van der Waals surface area (Å²) in [6.45, 7) is 8.04. The van der Waals surface area contributed by atoms with Gasteiger partial charge in [-0.3, -0.25) is 14.9 Å². The summed E-state index contributed by atoms with van der Waals surface area (Å²) in [5.41, 5.74) is 4.44. The van der Waals surface area contributed by atoms with E-state index in [-0.39, 0.29) is 22.9 Å². The minimum absolute atomic E-state index is 0.00224. The van der Waals surface area contributed by atoms with E-state index in [1.807, 2.05) is 26.0 Å². The standard InChI is InChI=1S/C20H24N2O3S/c1-13-8-9-17(10-14(13)2)15(3)21-20(23)12-26-16(4)18-6-5-7-19(11-18)22(24)25/h5-11,15-16H,12H2,1-4H3,(H,21,23)/t15-,16-/m0/s1. The molecule has 0 saturated carbocycles. The number of hydrogen-bond acceptors (Lipinski definition) is 4. The number of benzene rings is 2. The van der Waals surface area contributed by atoms with E-state index in [2.05, 4.69) is 31.3 Å². The van der Waals surface area contributed by atoms with E-state index in [4.69, 9.17) is 0 Å². The molecule has 2 aromatic carbocycles. The molecule has 0 aromatic heterocycles. The maximum atomic E-state index is 12.2. The molecule has 6 heteroatoms. The second-order valence-electron chi connectivity index (χ2n) is 6.44. The summed E-state index contributed by atoms with van der Waals surface area (Å²) >= 11 is 1.47. The monoisotopic (exact) mass is 372 g/mol. The van der Waals surface area contributed by atoms with Crippen LogP contribution in [0.15, 0.2) is 42.5 Å². The largest absolute Gasteiger partial charge is 0.349 e. The first-order chi connectivity index (χ1) is 12.3. The van der Waals surface area contributed by atoms with Crippen LogP contribution in [-0.2, 0) is 4.79 Å². The van der Waals surface area contributed by atoms with Crippen molar-refractivity contribution >= 4 is 23.4 Å². The second kappa shape index (κ2) is 8.85. The fourth-order valence-electron chi connectivity index (χ4n) is 2.59. The van der Waals surface area contributed by atoms with Crippen LogP contribution in [0.1, 0.15) is 47.4 Å². The average Bonchev–Trinajstić information content (AvgIpc) is 2.62. The molecule has 0 fully saturated rings. The molecule has 0 saturated heterocycles. The molecule has 138 valence electrons. The van der Waals surface area contributed by atoms with Gasteiger partial charge < -0.3 is 5.32 Å². The summed E-state index contributed by atoms with van der Waals surface area (Å²) in [7, 11) is 0. The Morgan fingerprint density at radius 2 is 1.85 bits per heavy atom. The van der Waals surface area contributed by atoms with E-state index in [0.29, 0.717) is 5.75 Å². The quantitative estimate of drug-likeness (QED) is 0.555. The highest BCUT2D eigenvalue weighted by Gasteiger charge is 2.15. The second-order valence-corrected chi connectivity index (χ2v) is 7.77. The Kier molecular flexibility index (Phi) is 6.80. The highest BCUT2D eigenvalue weighted by Crippen LogP contribution is 2.30. The molecule has 0 radical (unpaired) electrons. The summed E-state index contributed by atoms with van der Waals surface area (Å²) in [6, 6.07) is 12.7. The van der Waals surface area contributed by atoms with Crippen molar-refractivity contribution in [1.29, 1.82) is 0 Å². The SMILES string of the molecule is Cc1ccc([C@H](C)NC(=O)CS[C@@H](C)c2cccc([N+](=O)[O-])c2)cc1C. The summed E-state index contributed by atoms with van der Waals surface area (Å²) in [4.78, 5) is 22.7. The van der Waals surface area contributed by atoms with Crippen LogP contribution in [0.5, 0.6) is 0 Å². The molecule has 5 nitrogen and oxygen atoms in total. The van der Waals surface area contributed by atoms with E-state index in [9.17, 15) is 14.9 Å². The third-order valence-electron chi connectivity index (χ3n) is 4.42. The van der Waals surface area contributed by atoms with Crippen LogP contribution in [0.4, 0.5) is 5.69 Å². The molecule has 2 rings (SSSR count). The maximum absolute atomic E-state index is 12.2. The third kappa shape index (κ3) is 5.33. The minimum atomic E-state index is -0.404. The summed E-state index contributed by atoms with van der Waals surface area (Å²) < 4.78 is 0. The first-order valence-electron chi connectivity index (χ1n) is 8.50. The van der Waals surface area contributed by atoms with Crippen molar-refractivity contribution in [2.45, 2.75) is 39.0 Å². The first kappa shape index (κ1) is 20.0. The van der Waals surface area contributed by atoms with Crippen LogP contribution >= 0.6 is 11.8 Å². The Labute approximate surface area is 158 Å². The smallest absolute Gasteiger partial charge is 0.269 e. The fraction of sp³-hybridized carbons (Fsp3) is 0.350. The Morgan fingerprint density at radius 3 is 2.50 bits per heavy atom. The molecular weight excluding hydrogens is 348 g/mol. The number of carbonyl (C=O) groups excluding carboxylic acids is 1. The lowest BCUT2D eigenvalue weighted by Crippen LogP contribution is -2.28. The van der Waals surface area contributed by atoms with Gasteiger partial charge in [0, 0.05) is 17.4 Å². The van der Waals surface area contributed by atoms with Gasteiger partial charge in [0.25, 0.3) is 5.69 Å². The van der Waals surface area contributed by atoms with E-state index in [1.165, 1.54) is 29.0 Å². The lowest BCUT2D eigenvalue weighted by atomic mass is 10.0. The van der Waals surface area contributed by atoms with Gasteiger partial charge >= 0.3 is 0 Å². The van der Waals surface area contributed by atoms with Crippen molar-refractivity contribution in [3.8, 4) is 0 Å². The molecule has 2 atom stereocenters. The van der Waals surface area contributed by atoms with Gasteiger partial charge in [-0.25, -0.2) is 0 Å². The van der Waals surface area contributed by atoms with E-state index in [1.54, 1.807) is 12.1 Å². The number of carbonyl (C=O) groups is 1. The summed E-state index contributed by atoms with van der Waals surface area (Å²) in [5.74, 6) is 0.261. The number of aryl methyl sites for hydroxylation is 2. The van der Waals surface area contributed by atoms with Gasteiger partial charge in [-0.1, -0.05) is 30.3 Å². The third-order valence-corrected chi connectivity index (χ3v) is 5.62. The highest BCUT2D eigenvalue weighted by atomic mass is 32.2. The zero-order valence-electron chi connectivity index (χ0n) is 15.5. The number of hydrogen-bond donors (Lipinski definition) is 1. The molecule has 0 spiro atoms. The van der Waals surface area contributed by atoms with Crippen molar-refractivity contribution in [1.82, 2.24) is 5.32 Å². The first-order valence-corrected chi connectivity index (χ1v) is 9.55. The molecule has 0 aliphatic heterocycles. The molecule has 0 aliphatic carbocycles. The summed E-state index contributed by atoms with van der Waals surface area (Å²) in [5, 5.41) is 13.9. The Bertz CT molecular complexity index is 807. The highest BCUT2D eigenvalue weighted by molar-refractivity contribution is 8.00. The molecular formula is C20H24N2O3S. The molecule has 0 unspecified atom stereocenters. The van der Waals surface area contributed by atoms with Crippen molar-refractivity contribution in [2.24, 2.45) is 0 Å². The Hall–Kier alpha value is -2.34. The van der Waals surface area contributed by atoms with Crippen LogP contribution < -0.4 is 5.32 Å². The zero-order valence-corrected chi connectivity index (χ0v) is 16.3.